The van der Waals surface area contributed by atoms with Gasteiger partial charge in [-0.1, -0.05) is 74.5 Å². The van der Waals surface area contributed by atoms with E-state index in [1.165, 1.54) is 0 Å². The third kappa shape index (κ3) is 11.1. The predicted octanol–water partition coefficient (Wildman–Crippen LogP) is 2.43. The van der Waals surface area contributed by atoms with Crippen LogP contribution in [0.1, 0.15) is 37.8 Å². The van der Waals surface area contributed by atoms with Crippen molar-refractivity contribution in [1.29, 1.82) is 0 Å². The Morgan fingerprint density at radius 3 is 1.95 bits per heavy atom. The van der Waals surface area contributed by atoms with Crippen molar-refractivity contribution < 1.29 is 19.2 Å². The summed E-state index contributed by atoms with van der Waals surface area (Å²) < 4.78 is 0. The summed E-state index contributed by atoms with van der Waals surface area (Å²) in [7, 11) is 0. The molecule has 0 bridgehead atoms. The molecule has 0 saturated heterocycles. The summed E-state index contributed by atoms with van der Waals surface area (Å²) in [5.74, 6) is -0.376. The number of benzene rings is 2. The van der Waals surface area contributed by atoms with Crippen molar-refractivity contribution in [3.05, 3.63) is 71.8 Å². The molecule has 37 heavy (non-hydrogen) atoms. The molecule has 0 fully saturated rings. The van der Waals surface area contributed by atoms with Crippen LogP contribution in [0.5, 0.6) is 0 Å². The minimum absolute atomic E-state index is 0.110. The van der Waals surface area contributed by atoms with Gasteiger partial charge in [0.25, 0.3) is 0 Å². The molecule has 0 aliphatic heterocycles. The maximum absolute atomic E-state index is 13.4. The number of hydrogen-bond acceptors (Lipinski definition) is 5. The van der Waals surface area contributed by atoms with Crippen LogP contribution in [0.4, 0.5) is 0 Å². The van der Waals surface area contributed by atoms with Crippen molar-refractivity contribution in [2.24, 2.45) is 5.92 Å². The monoisotopic (exact) mass is 526 g/mol. The number of amides is 4. The maximum Gasteiger partial charge on any atom is 0.243 e. The molecule has 2 aromatic rings. The molecular weight excluding hydrogens is 488 g/mol. The minimum atomic E-state index is -0.849. The van der Waals surface area contributed by atoms with Crippen LogP contribution in [0.25, 0.3) is 0 Å². The average molecular weight is 527 g/mol. The lowest BCUT2D eigenvalue weighted by atomic mass is 10.0. The average Bonchev–Trinajstić information content (AvgIpc) is 2.89. The van der Waals surface area contributed by atoms with E-state index in [1.54, 1.807) is 11.8 Å². The highest BCUT2D eigenvalue weighted by Gasteiger charge is 2.29. The molecular formula is C28H38N4O4S. The topological polar surface area (TPSA) is 116 Å². The van der Waals surface area contributed by atoms with Gasteiger partial charge in [-0.3, -0.25) is 19.2 Å². The van der Waals surface area contributed by atoms with Gasteiger partial charge in [-0.05, 0) is 41.9 Å². The summed E-state index contributed by atoms with van der Waals surface area (Å²) in [6.07, 6.45) is 3.55. The van der Waals surface area contributed by atoms with Crippen molar-refractivity contribution in [3.8, 4) is 0 Å². The largest absolute Gasteiger partial charge is 0.350 e. The molecule has 0 saturated carbocycles. The fourth-order valence-corrected chi connectivity index (χ4v) is 4.29. The van der Waals surface area contributed by atoms with Gasteiger partial charge >= 0.3 is 0 Å². The van der Waals surface area contributed by atoms with Crippen LogP contribution in [0, 0.1) is 5.92 Å². The molecule has 3 atom stereocenters. The first-order valence-corrected chi connectivity index (χ1v) is 13.9. The fraction of sp³-hybridized carbons (Fsp3) is 0.429. The van der Waals surface area contributed by atoms with Gasteiger partial charge in [0.05, 0.1) is 0 Å². The molecule has 200 valence electrons. The molecule has 2 aromatic carbocycles. The van der Waals surface area contributed by atoms with E-state index in [0.29, 0.717) is 38.0 Å². The zero-order valence-corrected chi connectivity index (χ0v) is 22.6. The number of rotatable bonds is 16. The van der Waals surface area contributed by atoms with Crippen LogP contribution in [0.2, 0.25) is 0 Å². The van der Waals surface area contributed by atoms with Gasteiger partial charge in [-0.25, -0.2) is 0 Å². The van der Waals surface area contributed by atoms with Crippen LogP contribution in [-0.2, 0) is 32.1 Å². The Labute approximate surface area is 223 Å². The normalized spacial score (nSPS) is 13.2. The van der Waals surface area contributed by atoms with Gasteiger partial charge in [0.1, 0.15) is 18.1 Å². The van der Waals surface area contributed by atoms with Gasteiger partial charge < -0.3 is 21.3 Å². The lowest BCUT2D eigenvalue weighted by Crippen LogP contribution is -2.57. The number of carbonyl (C=O) groups excluding carboxylic acids is 4. The predicted molar refractivity (Wildman–Crippen MR) is 148 cm³/mol. The highest BCUT2D eigenvalue weighted by atomic mass is 32.2. The third-order valence-electron chi connectivity index (χ3n) is 5.76. The minimum Gasteiger partial charge on any atom is -0.350 e. The summed E-state index contributed by atoms with van der Waals surface area (Å²) in [5.41, 5.74) is 1.85. The van der Waals surface area contributed by atoms with Crippen LogP contribution < -0.4 is 21.3 Å². The van der Waals surface area contributed by atoms with E-state index in [1.807, 2.05) is 80.8 Å². The Morgan fingerprint density at radius 1 is 0.811 bits per heavy atom. The zero-order valence-electron chi connectivity index (χ0n) is 21.7. The lowest BCUT2D eigenvalue weighted by Gasteiger charge is -2.26. The molecule has 0 radical (unpaired) electrons. The SMILES string of the molecule is CSCC[C@H](NC=O)C(=O)N[C@H](CC(C)C)C(=O)N[C@H](Cc1ccccc1)C(=O)NCc1ccccc1. The van der Waals surface area contributed by atoms with E-state index in [0.717, 1.165) is 11.1 Å². The summed E-state index contributed by atoms with van der Waals surface area (Å²) >= 11 is 1.56. The van der Waals surface area contributed by atoms with Crippen molar-refractivity contribution in [2.45, 2.75) is 57.8 Å². The Kier molecular flexibility index (Phi) is 13.3. The molecule has 9 heteroatoms. The van der Waals surface area contributed by atoms with Gasteiger partial charge in [-0.15, -0.1) is 0 Å². The molecule has 0 aliphatic carbocycles. The summed E-state index contributed by atoms with van der Waals surface area (Å²) in [4.78, 5) is 50.5. The first-order chi connectivity index (χ1) is 17.8. The fourth-order valence-electron chi connectivity index (χ4n) is 3.82. The van der Waals surface area contributed by atoms with Crippen LogP contribution >= 0.6 is 11.8 Å². The van der Waals surface area contributed by atoms with Gasteiger partial charge in [0, 0.05) is 13.0 Å². The molecule has 0 aliphatic rings. The highest BCUT2D eigenvalue weighted by molar-refractivity contribution is 7.98. The Bertz CT molecular complexity index is 988. The second kappa shape index (κ2) is 16.4. The zero-order chi connectivity index (χ0) is 27.0. The second-order valence-electron chi connectivity index (χ2n) is 9.26. The Hall–Kier alpha value is -3.33. The van der Waals surface area contributed by atoms with Gasteiger partial charge in [0.15, 0.2) is 0 Å². The van der Waals surface area contributed by atoms with Crippen molar-refractivity contribution in [1.82, 2.24) is 21.3 Å². The smallest absolute Gasteiger partial charge is 0.243 e. The molecule has 2 rings (SSSR count). The second-order valence-corrected chi connectivity index (χ2v) is 10.2. The van der Waals surface area contributed by atoms with Crippen molar-refractivity contribution in [3.63, 3.8) is 0 Å². The highest BCUT2D eigenvalue weighted by Crippen LogP contribution is 2.10. The third-order valence-corrected chi connectivity index (χ3v) is 6.41. The number of carbonyl (C=O) groups is 4. The molecule has 0 aromatic heterocycles. The summed E-state index contributed by atoms with van der Waals surface area (Å²) in [5, 5.41) is 11.1. The van der Waals surface area contributed by atoms with Gasteiger partial charge in [0.2, 0.25) is 24.1 Å². The van der Waals surface area contributed by atoms with Crippen LogP contribution in [-0.4, -0.2) is 54.3 Å². The molecule has 4 N–H and O–H groups in total. The van der Waals surface area contributed by atoms with Gasteiger partial charge in [-0.2, -0.15) is 11.8 Å². The molecule has 8 nitrogen and oxygen atoms in total. The van der Waals surface area contributed by atoms with E-state index >= 15 is 0 Å². The number of thioether (sulfide) groups is 1. The molecule has 0 unspecified atom stereocenters. The quantitative estimate of drug-likeness (QED) is 0.251. The number of hydrogen-bond donors (Lipinski definition) is 4. The van der Waals surface area contributed by atoms with Crippen LogP contribution in [0.3, 0.4) is 0 Å². The van der Waals surface area contributed by atoms with E-state index < -0.39 is 29.9 Å². The Balaban J connectivity index is 2.16. The molecule has 4 amide bonds. The van der Waals surface area contributed by atoms with E-state index in [-0.39, 0.29) is 11.8 Å². The van der Waals surface area contributed by atoms with Crippen molar-refractivity contribution >= 4 is 35.9 Å². The summed E-state index contributed by atoms with van der Waals surface area (Å²) in [6, 6.07) is 16.6. The standard InChI is InChI=1S/C28H38N4O4S/c1-20(2)16-24(31-27(35)23(30-19-33)14-15-37-3)28(36)32-25(17-21-10-6-4-7-11-21)26(34)29-18-22-12-8-5-9-13-22/h4-13,19-20,23-25H,14-18H2,1-3H3,(H,29,34)(H,30,33)(H,31,35)(H,32,36)/t23-,24+,25+/m0/s1. The molecule has 0 heterocycles. The van der Waals surface area contributed by atoms with E-state index in [9.17, 15) is 19.2 Å². The maximum atomic E-state index is 13.4. The molecule has 0 spiro atoms. The van der Waals surface area contributed by atoms with E-state index in [4.69, 9.17) is 0 Å². The van der Waals surface area contributed by atoms with E-state index in [2.05, 4.69) is 21.3 Å². The van der Waals surface area contributed by atoms with Crippen LogP contribution in [0.15, 0.2) is 60.7 Å². The lowest BCUT2D eigenvalue weighted by molar-refractivity contribution is -0.133. The summed E-state index contributed by atoms with van der Waals surface area (Å²) in [6.45, 7) is 4.24. The number of nitrogens with one attached hydrogen (secondary N) is 4. The first-order valence-electron chi connectivity index (χ1n) is 12.5. The van der Waals surface area contributed by atoms with Crippen molar-refractivity contribution in [2.75, 3.05) is 12.0 Å². The first kappa shape index (κ1) is 29.9. The Morgan fingerprint density at radius 2 is 1.38 bits per heavy atom.